The number of aromatic nitrogens is 2. The van der Waals surface area contributed by atoms with Crippen LogP contribution in [0.15, 0.2) is 52.1 Å². The first-order chi connectivity index (χ1) is 11.5. The van der Waals surface area contributed by atoms with Gasteiger partial charge in [-0.3, -0.25) is 18.7 Å². The lowest BCUT2D eigenvalue weighted by atomic mass is 9.99. The van der Waals surface area contributed by atoms with Gasteiger partial charge in [-0.1, -0.05) is 36.4 Å². The number of nitrogens with zero attached hydrogens (tertiary/aromatic N) is 3. The number of hydrogen-bond acceptors (Lipinski definition) is 3. The molecule has 24 heavy (non-hydrogen) atoms. The van der Waals surface area contributed by atoms with E-state index in [0.717, 1.165) is 16.6 Å². The average molecular weight is 325 g/mol. The molecule has 1 aromatic carbocycles. The first-order valence-corrected chi connectivity index (χ1v) is 7.80. The predicted molar refractivity (Wildman–Crippen MR) is 91.9 cm³/mol. The Hall–Kier alpha value is -2.89. The highest BCUT2D eigenvalue weighted by atomic mass is 16.2. The van der Waals surface area contributed by atoms with Crippen LogP contribution < -0.4 is 11.2 Å². The minimum atomic E-state index is -0.497. The fourth-order valence-electron chi connectivity index (χ4n) is 2.87. The molecule has 6 nitrogen and oxygen atoms in total. The summed E-state index contributed by atoms with van der Waals surface area (Å²) >= 11 is 0. The van der Waals surface area contributed by atoms with Crippen molar-refractivity contribution in [2.75, 3.05) is 13.1 Å². The lowest BCUT2D eigenvalue weighted by Gasteiger charge is -2.27. The van der Waals surface area contributed by atoms with Crippen LogP contribution in [0.4, 0.5) is 0 Å². The molecular weight excluding hydrogens is 306 g/mol. The van der Waals surface area contributed by atoms with Gasteiger partial charge < -0.3 is 4.90 Å². The average Bonchev–Trinajstić information content (AvgIpc) is 2.63. The smallest absolute Gasteiger partial charge is 0.331 e. The van der Waals surface area contributed by atoms with E-state index in [9.17, 15) is 14.4 Å². The largest absolute Gasteiger partial charge is 0.333 e. The molecule has 124 valence electrons. The van der Waals surface area contributed by atoms with Gasteiger partial charge in [0.25, 0.3) is 11.5 Å². The van der Waals surface area contributed by atoms with Gasteiger partial charge in [-0.15, -0.1) is 0 Å². The Morgan fingerprint density at radius 2 is 1.75 bits per heavy atom. The highest BCUT2D eigenvalue weighted by Gasteiger charge is 2.22. The number of carbonyl (C=O) groups excluding carboxylic acids is 1. The van der Waals surface area contributed by atoms with Crippen molar-refractivity contribution >= 4 is 11.5 Å². The van der Waals surface area contributed by atoms with Gasteiger partial charge in [0, 0.05) is 33.3 Å². The summed E-state index contributed by atoms with van der Waals surface area (Å²) in [5.41, 5.74) is 1.52. The SMILES string of the molecule is Cn1c(C(=O)N2CC=C(c3ccccc3)CC2)cc(=O)n(C)c1=O. The van der Waals surface area contributed by atoms with E-state index in [1.54, 1.807) is 4.90 Å². The Kier molecular flexibility index (Phi) is 4.20. The van der Waals surface area contributed by atoms with Crippen molar-refractivity contribution in [3.8, 4) is 0 Å². The molecule has 1 aliphatic rings. The van der Waals surface area contributed by atoms with Gasteiger partial charge in [-0.05, 0) is 17.6 Å². The summed E-state index contributed by atoms with van der Waals surface area (Å²) < 4.78 is 2.21. The third-order valence-corrected chi connectivity index (χ3v) is 4.39. The maximum atomic E-state index is 12.7. The van der Waals surface area contributed by atoms with Crippen LogP contribution in [0.2, 0.25) is 0 Å². The first-order valence-electron chi connectivity index (χ1n) is 7.80. The number of rotatable bonds is 2. The molecule has 0 spiro atoms. The molecule has 0 N–H and O–H groups in total. The summed E-state index contributed by atoms with van der Waals surface area (Å²) in [7, 11) is 2.90. The summed E-state index contributed by atoms with van der Waals surface area (Å²) in [5, 5.41) is 0. The van der Waals surface area contributed by atoms with Gasteiger partial charge in [-0.2, -0.15) is 0 Å². The third kappa shape index (κ3) is 2.82. The van der Waals surface area contributed by atoms with E-state index in [2.05, 4.69) is 0 Å². The van der Waals surface area contributed by atoms with Crippen LogP contribution in [0.1, 0.15) is 22.5 Å². The fourth-order valence-corrected chi connectivity index (χ4v) is 2.87. The van der Waals surface area contributed by atoms with E-state index in [0.29, 0.717) is 13.1 Å². The molecule has 0 bridgehead atoms. The summed E-state index contributed by atoms with van der Waals surface area (Å²) in [6, 6.07) is 11.3. The third-order valence-electron chi connectivity index (χ3n) is 4.39. The quantitative estimate of drug-likeness (QED) is 0.828. The molecule has 3 rings (SSSR count). The highest BCUT2D eigenvalue weighted by molar-refractivity contribution is 5.93. The molecule has 0 saturated heterocycles. The molecule has 2 aromatic rings. The normalized spacial score (nSPS) is 14.4. The van der Waals surface area contributed by atoms with E-state index in [1.807, 2.05) is 36.4 Å². The lowest BCUT2D eigenvalue weighted by Crippen LogP contribution is -2.43. The van der Waals surface area contributed by atoms with Gasteiger partial charge in [0.1, 0.15) is 5.69 Å². The second kappa shape index (κ2) is 6.31. The molecule has 1 aliphatic heterocycles. The molecule has 1 aromatic heterocycles. The zero-order valence-corrected chi connectivity index (χ0v) is 13.7. The number of carbonyl (C=O) groups is 1. The lowest BCUT2D eigenvalue weighted by molar-refractivity contribution is 0.0761. The Balaban J connectivity index is 1.85. The molecule has 0 saturated carbocycles. The maximum absolute atomic E-state index is 12.7. The van der Waals surface area contributed by atoms with Crippen molar-refractivity contribution in [2.24, 2.45) is 14.1 Å². The number of amides is 1. The van der Waals surface area contributed by atoms with Gasteiger partial charge in [-0.25, -0.2) is 4.79 Å². The summed E-state index contributed by atoms with van der Waals surface area (Å²) in [4.78, 5) is 38.1. The van der Waals surface area contributed by atoms with Crippen molar-refractivity contribution in [3.05, 3.63) is 74.6 Å². The van der Waals surface area contributed by atoms with E-state index < -0.39 is 11.2 Å². The predicted octanol–water partition coefficient (Wildman–Crippen LogP) is 1.01. The van der Waals surface area contributed by atoms with Gasteiger partial charge in [0.15, 0.2) is 0 Å². The molecule has 2 heterocycles. The van der Waals surface area contributed by atoms with E-state index >= 15 is 0 Å². The van der Waals surface area contributed by atoms with Crippen molar-refractivity contribution in [2.45, 2.75) is 6.42 Å². The van der Waals surface area contributed by atoms with Crippen LogP contribution in [0.25, 0.3) is 5.57 Å². The Bertz CT molecular complexity index is 923. The van der Waals surface area contributed by atoms with Crippen LogP contribution in [0, 0.1) is 0 Å². The van der Waals surface area contributed by atoms with Crippen LogP contribution in [-0.4, -0.2) is 33.0 Å². The van der Waals surface area contributed by atoms with Gasteiger partial charge >= 0.3 is 5.69 Å². The number of benzene rings is 1. The minimum absolute atomic E-state index is 0.125. The van der Waals surface area contributed by atoms with Crippen LogP contribution in [-0.2, 0) is 14.1 Å². The standard InChI is InChI=1S/C18H19N3O3/c1-19-15(12-16(22)20(2)18(19)24)17(23)21-10-8-14(9-11-21)13-6-4-3-5-7-13/h3-8,12H,9-11H2,1-2H3. The van der Waals surface area contributed by atoms with Crippen LogP contribution in [0.5, 0.6) is 0 Å². The Morgan fingerprint density at radius 1 is 1.04 bits per heavy atom. The van der Waals surface area contributed by atoms with E-state index in [-0.39, 0.29) is 11.6 Å². The first kappa shape index (κ1) is 16.0. The van der Waals surface area contributed by atoms with E-state index in [1.165, 1.54) is 30.3 Å². The molecular formula is C18H19N3O3. The van der Waals surface area contributed by atoms with E-state index in [4.69, 9.17) is 0 Å². The molecule has 6 heteroatoms. The zero-order valence-electron chi connectivity index (χ0n) is 13.7. The molecule has 0 unspecified atom stereocenters. The topological polar surface area (TPSA) is 64.3 Å². The van der Waals surface area contributed by atoms with Crippen LogP contribution in [0.3, 0.4) is 0 Å². The second-order valence-electron chi connectivity index (χ2n) is 5.86. The minimum Gasteiger partial charge on any atom is -0.333 e. The summed E-state index contributed by atoms with van der Waals surface area (Å²) in [5.74, 6) is -0.296. The van der Waals surface area contributed by atoms with Gasteiger partial charge in [0.2, 0.25) is 0 Å². The van der Waals surface area contributed by atoms with Crippen molar-refractivity contribution in [3.63, 3.8) is 0 Å². The van der Waals surface area contributed by atoms with Crippen molar-refractivity contribution in [1.82, 2.24) is 14.0 Å². The Morgan fingerprint density at radius 3 is 2.38 bits per heavy atom. The Labute approximate surface area is 139 Å². The molecule has 1 amide bonds. The highest BCUT2D eigenvalue weighted by Crippen LogP contribution is 2.22. The monoisotopic (exact) mass is 325 g/mol. The molecule has 0 radical (unpaired) electrons. The molecule has 0 atom stereocenters. The maximum Gasteiger partial charge on any atom is 0.331 e. The zero-order chi connectivity index (χ0) is 17.3. The molecule has 0 aliphatic carbocycles. The number of hydrogen-bond donors (Lipinski definition) is 0. The second-order valence-corrected chi connectivity index (χ2v) is 5.86. The fraction of sp³-hybridized carbons (Fsp3) is 0.278. The van der Waals surface area contributed by atoms with Gasteiger partial charge in [0.05, 0.1) is 0 Å². The van der Waals surface area contributed by atoms with Crippen LogP contribution >= 0.6 is 0 Å². The summed E-state index contributed by atoms with van der Waals surface area (Å²) in [6.45, 7) is 1.02. The van der Waals surface area contributed by atoms with Crippen molar-refractivity contribution in [1.29, 1.82) is 0 Å². The summed E-state index contributed by atoms with van der Waals surface area (Å²) in [6.07, 6.45) is 2.77. The molecule has 0 fully saturated rings. The van der Waals surface area contributed by atoms with Crippen molar-refractivity contribution < 1.29 is 4.79 Å².